The van der Waals surface area contributed by atoms with E-state index in [4.69, 9.17) is 4.74 Å². The minimum Gasteiger partial charge on any atom is -0.394 e. The van der Waals surface area contributed by atoms with Crippen LogP contribution in [-0.4, -0.2) is 60.5 Å². The minimum absolute atomic E-state index is 0.0618. The molecule has 1 saturated carbocycles. The summed E-state index contributed by atoms with van der Waals surface area (Å²) in [5, 5.41) is 13.0. The van der Waals surface area contributed by atoms with Gasteiger partial charge in [-0.3, -0.25) is 4.90 Å². The van der Waals surface area contributed by atoms with Crippen LogP contribution in [0.15, 0.2) is 0 Å². The first kappa shape index (κ1) is 14.3. The first-order valence-corrected chi connectivity index (χ1v) is 7.28. The maximum atomic E-state index is 9.66. The largest absolute Gasteiger partial charge is 0.394 e. The fourth-order valence-electron chi connectivity index (χ4n) is 3.61. The van der Waals surface area contributed by atoms with Crippen LogP contribution in [0.1, 0.15) is 39.5 Å². The molecule has 2 rings (SSSR count). The van der Waals surface area contributed by atoms with Crippen LogP contribution >= 0.6 is 0 Å². The number of rotatable bonds is 3. The summed E-state index contributed by atoms with van der Waals surface area (Å²) >= 11 is 0. The summed E-state index contributed by atoms with van der Waals surface area (Å²) in [5.74, 6) is 0. The van der Waals surface area contributed by atoms with Crippen LogP contribution in [0.5, 0.6) is 0 Å². The first-order chi connectivity index (χ1) is 8.58. The van der Waals surface area contributed by atoms with Gasteiger partial charge in [-0.15, -0.1) is 0 Å². The quantitative estimate of drug-likeness (QED) is 0.790. The highest BCUT2D eigenvalue weighted by Crippen LogP contribution is 2.32. The van der Waals surface area contributed by atoms with Crippen LogP contribution in [0.2, 0.25) is 0 Å². The fraction of sp³-hybridized carbons (Fsp3) is 1.00. The summed E-state index contributed by atoms with van der Waals surface area (Å²) < 4.78 is 5.81. The molecular formula is C14H28N2O2. The number of nitrogens with zero attached hydrogens (tertiary/aromatic N) is 1. The SMILES string of the molecule is CNC1(CO)CCCC(N2CC(C)OC(C)C2)C1. The molecule has 1 saturated heterocycles. The molecule has 1 aliphatic heterocycles. The summed E-state index contributed by atoms with van der Waals surface area (Å²) in [7, 11) is 1.98. The maximum absolute atomic E-state index is 9.66. The van der Waals surface area contributed by atoms with Crippen molar-refractivity contribution in [2.24, 2.45) is 0 Å². The predicted molar refractivity (Wildman–Crippen MR) is 72.7 cm³/mol. The number of aliphatic hydroxyl groups excluding tert-OH is 1. The third kappa shape index (κ3) is 3.05. The van der Waals surface area contributed by atoms with E-state index >= 15 is 0 Å². The van der Waals surface area contributed by atoms with E-state index in [1.54, 1.807) is 0 Å². The van der Waals surface area contributed by atoms with Gasteiger partial charge >= 0.3 is 0 Å². The Morgan fingerprint density at radius 2 is 2.00 bits per heavy atom. The van der Waals surface area contributed by atoms with Crippen molar-refractivity contribution in [3.63, 3.8) is 0 Å². The van der Waals surface area contributed by atoms with Gasteiger partial charge in [0.15, 0.2) is 0 Å². The molecule has 2 fully saturated rings. The average molecular weight is 256 g/mol. The molecule has 2 N–H and O–H groups in total. The molecule has 0 aromatic heterocycles. The second-order valence-electron chi connectivity index (χ2n) is 6.15. The molecular weight excluding hydrogens is 228 g/mol. The van der Waals surface area contributed by atoms with E-state index in [9.17, 15) is 5.11 Å². The minimum atomic E-state index is -0.0618. The molecule has 2 aliphatic rings. The molecule has 0 spiro atoms. The Kier molecular flexibility index (Phi) is 4.64. The van der Waals surface area contributed by atoms with Crippen LogP contribution in [0.3, 0.4) is 0 Å². The zero-order valence-corrected chi connectivity index (χ0v) is 12.0. The summed E-state index contributed by atoms with van der Waals surface area (Å²) in [4.78, 5) is 2.57. The van der Waals surface area contributed by atoms with E-state index < -0.39 is 0 Å². The molecule has 4 unspecified atom stereocenters. The molecule has 0 bridgehead atoms. The third-order valence-electron chi connectivity index (χ3n) is 4.62. The van der Waals surface area contributed by atoms with E-state index in [1.807, 2.05) is 7.05 Å². The first-order valence-electron chi connectivity index (χ1n) is 7.28. The maximum Gasteiger partial charge on any atom is 0.0678 e. The molecule has 4 nitrogen and oxygen atoms in total. The molecule has 4 heteroatoms. The van der Waals surface area contributed by atoms with Crippen molar-refractivity contribution in [3.05, 3.63) is 0 Å². The van der Waals surface area contributed by atoms with Gasteiger partial charge in [-0.1, -0.05) is 0 Å². The third-order valence-corrected chi connectivity index (χ3v) is 4.62. The summed E-state index contributed by atoms with van der Waals surface area (Å²) in [6.07, 6.45) is 5.25. The number of hydrogen-bond donors (Lipinski definition) is 2. The summed E-state index contributed by atoms with van der Waals surface area (Å²) in [5.41, 5.74) is -0.0618. The second-order valence-corrected chi connectivity index (χ2v) is 6.15. The lowest BCUT2D eigenvalue weighted by atomic mass is 9.78. The normalized spacial score (nSPS) is 43.0. The van der Waals surface area contributed by atoms with Crippen molar-refractivity contribution in [3.8, 4) is 0 Å². The molecule has 4 atom stereocenters. The Hall–Kier alpha value is -0.160. The molecule has 1 heterocycles. The van der Waals surface area contributed by atoms with Gasteiger partial charge in [-0.25, -0.2) is 0 Å². The highest BCUT2D eigenvalue weighted by atomic mass is 16.5. The molecule has 18 heavy (non-hydrogen) atoms. The number of ether oxygens (including phenoxy) is 1. The fourth-order valence-corrected chi connectivity index (χ4v) is 3.61. The molecule has 1 aliphatic carbocycles. The Bertz CT molecular complexity index is 259. The number of hydrogen-bond acceptors (Lipinski definition) is 4. The van der Waals surface area contributed by atoms with E-state index in [2.05, 4.69) is 24.1 Å². The van der Waals surface area contributed by atoms with Crippen molar-refractivity contribution in [1.82, 2.24) is 10.2 Å². The van der Waals surface area contributed by atoms with Crippen LogP contribution in [0.4, 0.5) is 0 Å². The van der Waals surface area contributed by atoms with Gasteiger partial charge in [-0.2, -0.15) is 0 Å². The lowest BCUT2D eigenvalue weighted by molar-refractivity contribution is -0.0895. The monoisotopic (exact) mass is 256 g/mol. The number of aliphatic hydroxyl groups is 1. The zero-order valence-electron chi connectivity index (χ0n) is 12.0. The Morgan fingerprint density at radius 3 is 2.56 bits per heavy atom. The van der Waals surface area contributed by atoms with Gasteiger partial charge in [0.05, 0.1) is 18.8 Å². The standard InChI is InChI=1S/C14H28N2O2/c1-11-8-16(9-12(2)18-11)13-5-4-6-14(7-13,10-17)15-3/h11-13,15,17H,4-10H2,1-3H3. The molecule has 0 aromatic carbocycles. The van der Waals surface area contributed by atoms with Gasteiger partial charge in [0.2, 0.25) is 0 Å². The van der Waals surface area contributed by atoms with E-state index in [0.717, 1.165) is 25.9 Å². The average Bonchev–Trinajstić information content (AvgIpc) is 2.37. The van der Waals surface area contributed by atoms with Gasteiger partial charge in [-0.05, 0) is 46.6 Å². The smallest absolute Gasteiger partial charge is 0.0678 e. The Labute approximate surface area is 111 Å². The van der Waals surface area contributed by atoms with Crippen molar-refractivity contribution < 1.29 is 9.84 Å². The van der Waals surface area contributed by atoms with Gasteiger partial charge in [0, 0.05) is 24.7 Å². The summed E-state index contributed by atoms with van der Waals surface area (Å²) in [6, 6.07) is 0.590. The Morgan fingerprint density at radius 1 is 1.33 bits per heavy atom. The van der Waals surface area contributed by atoms with Crippen LogP contribution in [0, 0.1) is 0 Å². The number of nitrogens with one attached hydrogen (secondary N) is 1. The van der Waals surface area contributed by atoms with Crippen LogP contribution in [0.25, 0.3) is 0 Å². The second kappa shape index (κ2) is 5.87. The molecule has 106 valence electrons. The molecule has 0 radical (unpaired) electrons. The molecule has 0 amide bonds. The van der Waals surface area contributed by atoms with Gasteiger partial charge < -0.3 is 15.2 Å². The number of morpholine rings is 1. The predicted octanol–water partition coefficient (Wildman–Crippen LogP) is 0.989. The van der Waals surface area contributed by atoms with Crippen LogP contribution < -0.4 is 5.32 Å². The van der Waals surface area contributed by atoms with Crippen LogP contribution in [-0.2, 0) is 4.74 Å². The zero-order chi connectivity index (χ0) is 13.2. The van der Waals surface area contributed by atoms with E-state index in [-0.39, 0.29) is 12.1 Å². The number of likely N-dealkylation sites (N-methyl/N-ethyl adjacent to an activating group) is 1. The lowest BCUT2D eigenvalue weighted by Gasteiger charge is -2.47. The topological polar surface area (TPSA) is 44.7 Å². The van der Waals surface area contributed by atoms with Crippen molar-refractivity contribution in [1.29, 1.82) is 0 Å². The lowest BCUT2D eigenvalue weighted by Crippen LogP contribution is -2.57. The highest BCUT2D eigenvalue weighted by molar-refractivity contribution is 4.96. The van der Waals surface area contributed by atoms with E-state index in [0.29, 0.717) is 18.2 Å². The van der Waals surface area contributed by atoms with Crippen molar-refractivity contribution >= 4 is 0 Å². The van der Waals surface area contributed by atoms with Gasteiger partial charge in [0.1, 0.15) is 0 Å². The molecule has 0 aromatic rings. The van der Waals surface area contributed by atoms with Crippen molar-refractivity contribution in [2.45, 2.75) is 63.3 Å². The highest BCUT2D eigenvalue weighted by Gasteiger charge is 2.38. The van der Waals surface area contributed by atoms with Gasteiger partial charge in [0.25, 0.3) is 0 Å². The van der Waals surface area contributed by atoms with Crippen molar-refractivity contribution in [2.75, 3.05) is 26.7 Å². The summed E-state index contributed by atoms with van der Waals surface area (Å²) in [6.45, 7) is 6.61. The van der Waals surface area contributed by atoms with E-state index in [1.165, 1.54) is 12.8 Å². The Balaban J connectivity index is 1.99.